The molecule has 0 unspecified atom stereocenters. The van der Waals surface area contributed by atoms with Gasteiger partial charge in [-0.2, -0.15) is 0 Å². The van der Waals surface area contributed by atoms with Crippen LogP contribution in [0.15, 0.2) is 18.6 Å². The van der Waals surface area contributed by atoms with Crippen molar-refractivity contribution in [1.29, 1.82) is 0 Å². The van der Waals surface area contributed by atoms with Crippen molar-refractivity contribution in [2.24, 2.45) is 5.92 Å². The van der Waals surface area contributed by atoms with Crippen molar-refractivity contribution in [3.8, 4) is 0 Å². The van der Waals surface area contributed by atoms with E-state index in [0.717, 1.165) is 0 Å². The lowest BCUT2D eigenvalue weighted by molar-refractivity contribution is -0.139. The van der Waals surface area contributed by atoms with E-state index in [-0.39, 0.29) is 12.5 Å². The van der Waals surface area contributed by atoms with E-state index in [1.165, 1.54) is 6.33 Å². The maximum Gasteiger partial charge on any atom is 0.326 e. The number of hydrogen-bond donors (Lipinski definition) is 3. The number of carbonyl (C=O) groups is 2. The Morgan fingerprint density at radius 3 is 2.68 bits per heavy atom. The molecule has 2 amide bonds. The number of hydrogen-bond acceptors (Lipinski definition) is 4. The van der Waals surface area contributed by atoms with E-state index in [4.69, 9.17) is 5.11 Å². The third kappa shape index (κ3) is 5.80. The number of rotatable bonds is 6. The fourth-order valence-corrected chi connectivity index (χ4v) is 1.50. The second-order valence-electron chi connectivity index (χ2n) is 4.55. The molecule has 0 saturated carbocycles. The maximum absolute atomic E-state index is 11.6. The lowest BCUT2D eigenvalue weighted by Gasteiger charge is -2.16. The van der Waals surface area contributed by atoms with Crippen LogP contribution in [0.1, 0.15) is 26.0 Å². The van der Waals surface area contributed by atoms with Crippen LogP contribution in [0, 0.1) is 5.92 Å². The molecule has 7 nitrogen and oxygen atoms in total. The Labute approximate surface area is 111 Å². The number of carboxylic acids is 1. The summed E-state index contributed by atoms with van der Waals surface area (Å²) in [5.74, 6) is -0.853. The summed E-state index contributed by atoms with van der Waals surface area (Å²) in [6.07, 6.45) is 3.34. The lowest BCUT2D eigenvalue weighted by atomic mass is 10.0. The van der Waals surface area contributed by atoms with Crippen molar-refractivity contribution in [2.75, 3.05) is 0 Å². The van der Waals surface area contributed by atoms with Crippen molar-refractivity contribution < 1.29 is 14.7 Å². The van der Waals surface area contributed by atoms with Gasteiger partial charge in [0.25, 0.3) is 0 Å². The highest BCUT2D eigenvalue weighted by molar-refractivity contribution is 5.82. The van der Waals surface area contributed by atoms with Gasteiger partial charge >= 0.3 is 12.0 Å². The van der Waals surface area contributed by atoms with Gasteiger partial charge in [0.05, 0.1) is 12.2 Å². The Balaban J connectivity index is 2.42. The first-order valence-corrected chi connectivity index (χ1v) is 6.01. The average molecular weight is 266 g/mol. The van der Waals surface area contributed by atoms with Crippen LogP contribution in [-0.4, -0.2) is 33.1 Å². The molecule has 7 heteroatoms. The third-order valence-corrected chi connectivity index (χ3v) is 2.38. The molecular weight excluding hydrogens is 248 g/mol. The minimum absolute atomic E-state index is 0.184. The number of nitrogens with one attached hydrogen (secondary N) is 2. The molecule has 0 spiro atoms. The smallest absolute Gasteiger partial charge is 0.326 e. The Morgan fingerprint density at radius 1 is 1.42 bits per heavy atom. The van der Waals surface area contributed by atoms with Gasteiger partial charge in [-0.05, 0) is 18.4 Å². The topological polar surface area (TPSA) is 104 Å². The Hall–Kier alpha value is -2.18. The van der Waals surface area contributed by atoms with Gasteiger partial charge in [-0.3, -0.25) is 0 Å². The maximum atomic E-state index is 11.6. The zero-order valence-electron chi connectivity index (χ0n) is 11.0. The second-order valence-corrected chi connectivity index (χ2v) is 4.55. The number of urea groups is 1. The van der Waals surface area contributed by atoms with Gasteiger partial charge < -0.3 is 15.7 Å². The molecule has 1 heterocycles. The predicted molar refractivity (Wildman–Crippen MR) is 68.3 cm³/mol. The number of aliphatic carboxylic acids is 1. The molecule has 19 heavy (non-hydrogen) atoms. The van der Waals surface area contributed by atoms with Gasteiger partial charge in [-0.1, -0.05) is 13.8 Å². The van der Waals surface area contributed by atoms with Crippen LogP contribution < -0.4 is 10.6 Å². The molecule has 0 saturated heterocycles. The van der Waals surface area contributed by atoms with Crippen molar-refractivity contribution in [3.05, 3.63) is 24.3 Å². The molecule has 0 aromatic carbocycles. The zero-order valence-corrected chi connectivity index (χ0v) is 11.0. The van der Waals surface area contributed by atoms with E-state index in [2.05, 4.69) is 20.6 Å². The van der Waals surface area contributed by atoms with Crippen LogP contribution in [0.5, 0.6) is 0 Å². The summed E-state index contributed by atoms with van der Waals surface area (Å²) >= 11 is 0. The minimum Gasteiger partial charge on any atom is -0.480 e. The first-order valence-electron chi connectivity index (χ1n) is 6.01. The molecule has 104 valence electrons. The van der Waals surface area contributed by atoms with Gasteiger partial charge in [0.1, 0.15) is 12.4 Å². The van der Waals surface area contributed by atoms with E-state index in [9.17, 15) is 9.59 Å². The van der Waals surface area contributed by atoms with Crippen LogP contribution in [-0.2, 0) is 11.3 Å². The minimum atomic E-state index is -1.04. The monoisotopic (exact) mass is 266 g/mol. The summed E-state index contributed by atoms with van der Waals surface area (Å²) in [6, 6.07) is 0.264. The van der Waals surface area contributed by atoms with Crippen molar-refractivity contribution in [2.45, 2.75) is 32.9 Å². The fourth-order valence-electron chi connectivity index (χ4n) is 1.50. The number of aromatic nitrogens is 2. The van der Waals surface area contributed by atoms with Gasteiger partial charge in [0, 0.05) is 6.20 Å². The number of carbonyl (C=O) groups excluding carboxylic acids is 1. The van der Waals surface area contributed by atoms with E-state index in [1.54, 1.807) is 12.3 Å². The summed E-state index contributed by atoms with van der Waals surface area (Å²) in [7, 11) is 0. The van der Waals surface area contributed by atoms with E-state index in [0.29, 0.717) is 12.1 Å². The Morgan fingerprint density at radius 2 is 2.16 bits per heavy atom. The molecule has 1 aromatic heterocycles. The van der Waals surface area contributed by atoms with E-state index < -0.39 is 18.0 Å². The summed E-state index contributed by atoms with van der Waals surface area (Å²) in [4.78, 5) is 30.3. The Bertz CT molecular complexity index is 422. The van der Waals surface area contributed by atoms with Gasteiger partial charge in [0.15, 0.2) is 0 Å². The summed E-state index contributed by atoms with van der Waals surface area (Å²) in [5, 5.41) is 14.0. The van der Waals surface area contributed by atoms with Crippen LogP contribution in [0.4, 0.5) is 4.79 Å². The SMILES string of the molecule is CC(C)C[C@@H](NC(=O)NCc1ccncn1)C(=O)O. The molecule has 3 N–H and O–H groups in total. The molecule has 0 aliphatic carbocycles. The molecular formula is C12H18N4O3. The lowest BCUT2D eigenvalue weighted by Crippen LogP contribution is -2.46. The predicted octanol–water partition coefficient (Wildman–Crippen LogP) is 0.775. The average Bonchev–Trinajstić information content (AvgIpc) is 2.36. The standard InChI is InChI=1S/C12H18N4O3/c1-8(2)5-10(11(17)18)16-12(19)14-6-9-3-4-13-7-15-9/h3-4,7-8,10H,5-6H2,1-2H3,(H,17,18)(H2,14,16,19)/t10-/m1/s1. The summed E-state index contributed by atoms with van der Waals surface area (Å²) < 4.78 is 0. The van der Waals surface area contributed by atoms with Crippen LogP contribution in [0.25, 0.3) is 0 Å². The fraction of sp³-hybridized carbons (Fsp3) is 0.500. The quantitative estimate of drug-likeness (QED) is 0.705. The zero-order chi connectivity index (χ0) is 14.3. The molecule has 1 aromatic rings. The second kappa shape index (κ2) is 7.30. The largest absolute Gasteiger partial charge is 0.480 e. The molecule has 0 bridgehead atoms. The highest BCUT2D eigenvalue weighted by atomic mass is 16.4. The van der Waals surface area contributed by atoms with E-state index >= 15 is 0 Å². The highest BCUT2D eigenvalue weighted by Gasteiger charge is 2.20. The third-order valence-electron chi connectivity index (χ3n) is 2.38. The van der Waals surface area contributed by atoms with Crippen molar-refractivity contribution in [3.63, 3.8) is 0 Å². The number of nitrogens with zero attached hydrogens (tertiary/aromatic N) is 2. The van der Waals surface area contributed by atoms with Crippen molar-refractivity contribution >= 4 is 12.0 Å². The molecule has 1 rings (SSSR count). The molecule has 0 fully saturated rings. The van der Waals surface area contributed by atoms with Crippen LogP contribution >= 0.6 is 0 Å². The van der Waals surface area contributed by atoms with Gasteiger partial charge in [-0.25, -0.2) is 19.6 Å². The summed E-state index contributed by atoms with van der Waals surface area (Å²) in [5.41, 5.74) is 0.654. The van der Waals surface area contributed by atoms with E-state index in [1.807, 2.05) is 13.8 Å². The van der Waals surface area contributed by atoms with Gasteiger partial charge in [0.2, 0.25) is 0 Å². The molecule has 0 aliphatic rings. The normalized spacial score (nSPS) is 11.9. The summed E-state index contributed by atoms with van der Waals surface area (Å²) in [6.45, 7) is 4.02. The number of carboxylic acid groups (broad SMARTS) is 1. The van der Waals surface area contributed by atoms with Crippen LogP contribution in [0.3, 0.4) is 0 Å². The first-order chi connectivity index (χ1) is 8.99. The van der Waals surface area contributed by atoms with Crippen molar-refractivity contribution in [1.82, 2.24) is 20.6 Å². The molecule has 0 aliphatic heterocycles. The molecule has 0 radical (unpaired) electrons. The van der Waals surface area contributed by atoms with Crippen LogP contribution in [0.2, 0.25) is 0 Å². The highest BCUT2D eigenvalue weighted by Crippen LogP contribution is 2.04. The van der Waals surface area contributed by atoms with Gasteiger partial charge in [-0.15, -0.1) is 0 Å². The first kappa shape index (κ1) is 14.9. The number of amides is 2. The molecule has 1 atom stereocenters. The Kier molecular flexibility index (Phi) is 5.72.